The van der Waals surface area contributed by atoms with Crippen LogP contribution in [0, 0.1) is 11.2 Å². The molecule has 0 radical (unpaired) electrons. The molecule has 2 aromatic carbocycles. The Morgan fingerprint density at radius 2 is 1.90 bits per heavy atom. The number of hydrogen-bond acceptors (Lipinski definition) is 5. The summed E-state index contributed by atoms with van der Waals surface area (Å²) < 4.78 is 26.2. The van der Waals surface area contributed by atoms with Crippen molar-refractivity contribution in [3.05, 3.63) is 65.2 Å². The average Bonchev–Trinajstić information content (AvgIpc) is 3.15. The summed E-state index contributed by atoms with van der Waals surface area (Å²) in [6.45, 7) is 5.04. The van der Waals surface area contributed by atoms with Gasteiger partial charge in [-0.2, -0.15) is 5.10 Å². The second-order valence-corrected chi connectivity index (χ2v) is 8.77. The Labute approximate surface area is 181 Å². The van der Waals surface area contributed by atoms with Crippen LogP contribution in [0.25, 0.3) is 5.69 Å². The number of hydrogen-bond donors (Lipinski definition) is 2. The fraction of sp³-hybridized carbons (Fsp3) is 0.375. The van der Waals surface area contributed by atoms with Gasteiger partial charge in [0.2, 0.25) is 5.75 Å². The maximum atomic E-state index is 13.8. The lowest BCUT2D eigenvalue weighted by atomic mass is 9.74. The number of fused-ring (bicyclic) bond motifs is 1. The minimum Gasteiger partial charge on any atom is -0.502 e. The van der Waals surface area contributed by atoms with Crippen LogP contribution in [0.3, 0.4) is 0 Å². The standard InChI is InChI=1S/C24H28FN3O3/c1-24(2)11-19(26-13-15-8-21(30-3)23(29)22(9-15)31-4)18-14-27-28(20(18)12-24)17-7-5-6-16(25)10-17/h5-10,14,19,26,29H,11-13H2,1-4H3. The van der Waals surface area contributed by atoms with Crippen LogP contribution in [0.2, 0.25) is 0 Å². The first-order chi connectivity index (χ1) is 14.8. The molecule has 7 heteroatoms. The summed E-state index contributed by atoms with van der Waals surface area (Å²) >= 11 is 0. The highest BCUT2D eigenvalue weighted by molar-refractivity contribution is 5.52. The monoisotopic (exact) mass is 425 g/mol. The molecule has 164 valence electrons. The summed E-state index contributed by atoms with van der Waals surface area (Å²) in [6.07, 6.45) is 3.68. The molecule has 31 heavy (non-hydrogen) atoms. The van der Waals surface area contributed by atoms with Crippen molar-refractivity contribution < 1.29 is 19.0 Å². The van der Waals surface area contributed by atoms with Gasteiger partial charge in [0.05, 0.1) is 26.1 Å². The van der Waals surface area contributed by atoms with Crippen LogP contribution >= 0.6 is 0 Å². The lowest BCUT2D eigenvalue weighted by Crippen LogP contribution is -2.33. The van der Waals surface area contributed by atoms with Crippen LogP contribution < -0.4 is 14.8 Å². The number of nitrogens with one attached hydrogen (secondary N) is 1. The first-order valence-electron chi connectivity index (χ1n) is 10.3. The molecule has 0 spiro atoms. The van der Waals surface area contributed by atoms with Gasteiger partial charge in [-0.15, -0.1) is 0 Å². The van der Waals surface area contributed by atoms with E-state index in [1.165, 1.54) is 26.4 Å². The SMILES string of the molecule is COc1cc(CNC2CC(C)(C)Cc3c2cnn3-c2cccc(F)c2)cc(OC)c1O. The molecule has 1 aliphatic rings. The number of halogens is 1. The molecule has 1 unspecified atom stereocenters. The first kappa shape index (κ1) is 21.2. The van der Waals surface area contributed by atoms with Gasteiger partial charge < -0.3 is 19.9 Å². The van der Waals surface area contributed by atoms with Crippen molar-refractivity contribution in [2.45, 2.75) is 39.3 Å². The fourth-order valence-corrected chi connectivity index (χ4v) is 4.35. The van der Waals surface area contributed by atoms with Crippen molar-refractivity contribution in [2.24, 2.45) is 5.41 Å². The highest BCUT2D eigenvalue weighted by Gasteiger charge is 2.35. The van der Waals surface area contributed by atoms with Gasteiger partial charge in [-0.05, 0) is 54.2 Å². The maximum Gasteiger partial charge on any atom is 0.200 e. The second kappa shape index (κ2) is 8.23. The molecule has 0 fully saturated rings. The van der Waals surface area contributed by atoms with E-state index in [0.29, 0.717) is 18.0 Å². The smallest absolute Gasteiger partial charge is 0.200 e. The van der Waals surface area contributed by atoms with E-state index < -0.39 is 0 Å². The first-order valence-corrected chi connectivity index (χ1v) is 10.3. The minimum atomic E-state index is -0.276. The Balaban J connectivity index is 1.63. The molecular formula is C24H28FN3O3. The van der Waals surface area contributed by atoms with Gasteiger partial charge in [-0.3, -0.25) is 0 Å². The van der Waals surface area contributed by atoms with Crippen LogP contribution in [0.15, 0.2) is 42.6 Å². The Morgan fingerprint density at radius 1 is 1.19 bits per heavy atom. The van der Waals surface area contributed by atoms with Crippen LogP contribution in [0.5, 0.6) is 17.2 Å². The van der Waals surface area contributed by atoms with Gasteiger partial charge >= 0.3 is 0 Å². The van der Waals surface area contributed by atoms with Crippen LogP contribution in [-0.2, 0) is 13.0 Å². The van der Waals surface area contributed by atoms with Gasteiger partial charge in [0.15, 0.2) is 11.5 Å². The molecule has 2 N–H and O–H groups in total. The molecule has 1 aliphatic carbocycles. The zero-order valence-corrected chi connectivity index (χ0v) is 18.3. The Hall–Kier alpha value is -3.06. The molecule has 0 aliphatic heterocycles. The lowest BCUT2D eigenvalue weighted by Gasteiger charge is -2.36. The summed E-state index contributed by atoms with van der Waals surface area (Å²) in [5.41, 5.74) is 3.95. The van der Waals surface area contributed by atoms with E-state index in [1.54, 1.807) is 18.2 Å². The summed E-state index contributed by atoms with van der Waals surface area (Å²) in [5.74, 6) is 0.465. The molecule has 0 amide bonds. The normalized spacial score (nSPS) is 17.3. The Kier molecular flexibility index (Phi) is 5.62. The van der Waals surface area contributed by atoms with Crippen LogP contribution in [-0.4, -0.2) is 29.1 Å². The summed E-state index contributed by atoms with van der Waals surface area (Å²) in [6, 6.07) is 10.2. The molecule has 0 bridgehead atoms. The Morgan fingerprint density at radius 3 is 2.55 bits per heavy atom. The number of nitrogens with zero attached hydrogens (tertiary/aromatic N) is 2. The third-order valence-corrected chi connectivity index (χ3v) is 5.82. The number of rotatable bonds is 6. The van der Waals surface area contributed by atoms with Crippen molar-refractivity contribution in [3.8, 4) is 22.9 Å². The zero-order chi connectivity index (χ0) is 22.2. The second-order valence-electron chi connectivity index (χ2n) is 8.77. The molecule has 1 heterocycles. The molecule has 3 aromatic rings. The van der Waals surface area contributed by atoms with Crippen molar-refractivity contribution >= 4 is 0 Å². The molecule has 0 saturated carbocycles. The molecule has 6 nitrogen and oxygen atoms in total. The topological polar surface area (TPSA) is 68.5 Å². The predicted molar refractivity (Wildman–Crippen MR) is 116 cm³/mol. The Bertz CT molecular complexity index is 1070. The van der Waals surface area contributed by atoms with E-state index in [-0.39, 0.29) is 23.0 Å². The van der Waals surface area contributed by atoms with Gasteiger partial charge in [0, 0.05) is 23.8 Å². The number of methoxy groups -OCH3 is 2. The van der Waals surface area contributed by atoms with E-state index in [4.69, 9.17) is 9.47 Å². The highest BCUT2D eigenvalue weighted by atomic mass is 19.1. The lowest BCUT2D eigenvalue weighted by molar-refractivity contribution is 0.252. The van der Waals surface area contributed by atoms with Crippen LogP contribution in [0.1, 0.15) is 43.1 Å². The maximum absolute atomic E-state index is 13.8. The van der Waals surface area contributed by atoms with E-state index in [0.717, 1.165) is 35.3 Å². The van der Waals surface area contributed by atoms with Crippen molar-refractivity contribution in [1.29, 1.82) is 0 Å². The van der Waals surface area contributed by atoms with Crippen LogP contribution in [0.4, 0.5) is 4.39 Å². The molecule has 4 rings (SSSR count). The molecule has 1 aromatic heterocycles. The average molecular weight is 426 g/mol. The summed E-state index contributed by atoms with van der Waals surface area (Å²) in [5, 5.41) is 18.4. The quantitative estimate of drug-likeness (QED) is 0.607. The van der Waals surface area contributed by atoms with Crippen molar-refractivity contribution in [1.82, 2.24) is 15.1 Å². The number of ether oxygens (including phenoxy) is 2. The van der Waals surface area contributed by atoms with E-state index >= 15 is 0 Å². The van der Waals surface area contributed by atoms with Gasteiger partial charge in [0.25, 0.3) is 0 Å². The largest absolute Gasteiger partial charge is 0.502 e. The van der Waals surface area contributed by atoms with E-state index in [9.17, 15) is 9.50 Å². The third kappa shape index (κ3) is 4.23. The molecule has 1 atom stereocenters. The number of aromatic nitrogens is 2. The molecule has 0 saturated heterocycles. The van der Waals surface area contributed by atoms with Gasteiger partial charge in [0.1, 0.15) is 5.82 Å². The zero-order valence-electron chi connectivity index (χ0n) is 18.3. The fourth-order valence-electron chi connectivity index (χ4n) is 4.35. The van der Waals surface area contributed by atoms with Crippen molar-refractivity contribution in [2.75, 3.05) is 14.2 Å². The number of benzene rings is 2. The van der Waals surface area contributed by atoms with Gasteiger partial charge in [-0.25, -0.2) is 9.07 Å². The van der Waals surface area contributed by atoms with Gasteiger partial charge in [-0.1, -0.05) is 19.9 Å². The third-order valence-electron chi connectivity index (χ3n) is 5.82. The summed E-state index contributed by atoms with van der Waals surface area (Å²) in [4.78, 5) is 0. The van der Waals surface area contributed by atoms with E-state index in [1.807, 2.05) is 16.9 Å². The molecular weight excluding hydrogens is 397 g/mol. The number of aromatic hydroxyl groups is 1. The van der Waals surface area contributed by atoms with Crippen molar-refractivity contribution in [3.63, 3.8) is 0 Å². The minimum absolute atomic E-state index is 0.00814. The number of phenols is 1. The summed E-state index contributed by atoms with van der Waals surface area (Å²) in [7, 11) is 3.03. The predicted octanol–water partition coefficient (Wildman–Crippen LogP) is 4.54. The van der Waals surface area contributed by atoms with E-state index in [2.05, 4.69) is 24.3 Å². The number of phenolic OH excluding ortho intramolecular Hbond substituents is 1. The highest BCUT2D eigenvalue weighted by Crippen LogP contribution is 2.42.